The zero-order valence-electron chi connectivity index (χ0n) is 31.6. The van der Waals surface area contributed by atoms with Gasteiger partial charge in [0.2, 0.25) is 5.78 Å². The fourth-order valence-electron chi connectivity index (χ4n) is 6.74. The minimum Gasteiger partial charge on any atom is -0.377 e. The van der Waals surface area contributed by atoms with Crippen LogP contribution in [0, 0.1) is 17.8 Å². The van der Waals surface area contributed by atoms with E-state index in [2.05, 4.69) is 16.0 Å². The number of rotatable bonds is 20. The fraction of sp³-hybridized carbons (Fsp3) is 0.538. The zero-order valence-corrected chi connectivity index (χ0v) is 31.6. The highest BCUT2D eigenvalue weighted by Gasteiger charge is 2.51. The normalized spacial score (nSPS) is 17.2. The van der Waals surface area contributed by atoms with Crippen molar-refractivity contribution in [3.8, 4) is 0 Å². The van der Waals surface area contributed by atoms with Crippen LogP contribution in [-0.4, -0.2) is 95.4 Å². The summed E-state index contributed by atoms with van der Waals surface area (Å²) in [6.45, 7) is 12.8. The summed E-state index contributed by atoms with van der Waals surface area (Å²) in [5, 5.41) is 44.0. The number of aldehydes is 1. The van der Waals surface area contributed by atoms with Crippen LogP contribution in [0.25, 0.3) is 0 Å². The lowest BCUT2D eigenvalue weighted by Crippen LogP contribution is -2.55. The van der Waals surface area contributed by atoms with Crippen molar-refractivity contribution in [3.63, 3.8) is 0 Å². The van der Waals surface area contributed by atoms with Crippen LogP contribution >= 0.6 is 0 Å². The molecule has 3 unspecified atom stereocenters. The topological polar surface area (TPSA) is 199 Å². The number of benzene rings is 2. The predicted molar refractivity (Wildman–Crippen MR) is 194 cm³/mol. The second kappa shape index (κ2) is 17.2. The Balaban J connectivity index is 2.91. The Morgan fingerprint density at radius 2 is 1.10 bits per heavy atom. The van der Waals surface area contributed by atoms with Gasteiger partial charge in [0.15, 0.2) is 40.6 Å². The second-order valence-electron chi connectivity index (χ2n) is 14.5. The number of carbonyl (C=O) groups is 6. The van der Waals surface area contributed by atoms with Gasteiger partial charge < -0.3 is 31.3 Å². The first kappa shape index (κ1) is 43.4. The van der Waals surface area contributed by atoms with Gasteiger partial charge in [-0.1, -0.05) is 84.0 Å². The average molecular weight is 710 g/mol. The van der Waals surface area contributed by atoms with Gasteiger partial charge in [0, 0.05) is 27.8 Å². The summed E-state index contributed by atoms with van der Waals surface area (Å²) in [6.07, 6.45) is -1.09. The first-order valence-corrected chi connectivity index (χ1v) is 17.2. The van der Waals surface area contributed by atoms with Crippen LogP contribution in [0.15, 0.2) is 42.5 Å². The number of hydrogen-bond acceptors (Lipinski definition) is 12. The maximum Gasteiger partial charge on any atom is 0.207 e. The molecule has 0 amide bonds. The van der Waals surface area contributed by atoms with Crippen LogP contribution in [0.5, 0.6) is 0 Å². The molecular weight excluding hydrogens is 654 g/mol. The third-order valence-electron chi connectivity index (χ3n) is 9.56. The summed E-state index contributed by atoms with van der Waals surface area (Å²) in [7, 11) is 4.66. The molecule has 0 bridgehead atoms. The number of carbonyl (C=O) groups excluding carboxylic acids is 6. The van der Waals surface area contributed by atoms with E-state index in [-0.39, 0.29) is 46.5 Å². The number of Topliss-reactive ketones (excluding diaryl/α,β-unsaturated/α-hetero) is 5. The predicted octanol–water partition coefficient (Wildman–Crippen LogP) is 2.54. The molecule has 0 aromatic heterocycles. The molecule has 0 aliphatic heterocycles. The van der Waals surface area contributed by atoms with Gasteiger partial charge in [-0.15, -0.1) is 0 Å². The van der Waals surface area contributed by atoms with Crippen molar-refractivity contribution in [2.75, 3.05) is 21.1 Å². The number of ketones is 5. The Labute approximate surface area is 300 Å². The molecule has 0 aliphatic rings. The minimum atomic E-state index is -3.00. The van der Waals surface area contributed by atoms with Crippen molar-refractivity contribution in [1.29, 1.82) is 0 Å². The van der Waals surface area contributed by atoms with E-state index in [4.69, 9.17) is 0 Å². The van der Waals surface area contributed by atoms with E-state index < -0.39 is 75.6 Å². The molecule has 0 radical (unpaired) electrons. The molecule has 0 saturated heterocycles. The quantitative estimate of drug-likeness (QED) is 0.0668. The van der Waals surface area contributed by atoms with Gasteiger partial charge in [0.25, 0.3) is 0 Å². The first-order chi connectivity index (χ1) is 23.6. The van der Waals surface area contributed by atoms with Crippen LogP contribution in [0.2, 0.25) is 0 Å². The molecule has 6 N–H and O–H groups in total. The zero-order chi connectivity index (χ0) is 39.2. The van der Waals surface area contributed by atoms with E-state index in [9.17, 15) is 44.1 Å². The molecule has 51 heavy (non-hydrogen) atoms. The summed E-state index contributed by atoms with van der Waals surface area (Å²) in [4.78, 5) is 82.1. The Morgan fingerprint density at radius 3 is 1.57 bits per heavy atom. The van der Waals surface area contributed by atoms with Crippen LogP contribution in [-0.2, 0) is 25.6 Å². The molecular formula is C39H55N3O9. The van der Waals surface area contributed by atoms with Gasteiger partial charge in [0.05, 0.1) is 24.5 Å². The third kappa shape index (κ3) is 8.82. The number of hydrogen-bond donors (Lipinski definition) is 6. The van der Waals surface area contributed by atoms with Crippen molar-refractivity contribution in [3.05, 3.63) is 70.3 Å². The molecule has 2 aromatic carbocycles. The molecule has 2 aromatic rings. The Morgan fingerprint density at radius 1 is 0.647 bits per heavy atom. The minimum absolute atomic E-state index is 0.0281. The van der Waals surface area contributed by atoms with E-state index in [0.717, 1.165) is 6.92 Å². The van der Waals surface area contributed by atoms with Crippen molar-refractivity contribution in [2.24, 2.45) is 17.8 Å². The molecule has 0 fully saturated rings. The molecule has 0 saturated carbocycles. The van der Waals surface area contributed by atoms with Gasteiger partial charge in [0.1, 0.15) is 5.60 Å². The van der Waals surface area contributed by atoms with Crippen molar-refractivity contribution in [2.45, 2.75) is 96.7 Å². The average Bonchev–Trinajstić information content (AvgIpc) is 3.07. The maximum absolute atomic E-state index is 14.6. The largest absolute Gasteiger partial charge is 0.377 e. The summed E-state index contributed by atoms with van der Waals surface area (Å²) < 4.78 is 0. The van der Waals surface area contributed by atoms with E-state index >= 15 is 0 Å². The van der Waals surface area contributed by atoms with Gasteiger partial charge in [-0.2, -0.15) is 0 Å². The molecule has 12 nitrogen and oxygen atoms in total. The van der Waals surface area contributed by atoms with Gasteiger partial charge in [-0.3, -0.25) is 28.8 Å². The summed E-state index contributed by atoms with van der Waals surface area (Å²) in [5.41, 5.74) is -9.43. The Bertz CT molecular complexity index is 1630. The highest BCUT2D eigenvalue weighted by atomic mass is 16.3. The number of nitrogens with one attached hydrogen (secondary N) is 3. The monoisotopic (exact) mass is 709 g/mol. The summed E-state index contributed by atoms with van der Waals surface area (Å²) >= 11 is 0. The van der Waals surface area contributed by atoms with Crippen LogP contribution < -0.4 is 16.0 Å². The molecule has 6 atom stereocenters. The number of likely N-dealkylation sites (N-methyl/N-ethyl adjacent to an activating group) is 3. The SMILES string of the molecule is CN[C@H](C(=O)CC(O)(C=O)C(=O)C(C)(O)c1cccc(C(=O)C(C)(O)c2ccccc2C(=O)[C@@H](NC)C(C)C)c1C(=O)[C@@H](NC)C(C)C)C(C)C. The fourth-order valence-corrected chi connectivity index (χ4v) is 6.74. The van der Waals surface area contributed by atoms with E-state index in [0.29, 0.717) is 0 Å². The van der Waals surface area contributed by atoms with E-state index in [1.807, 2.05) is 13.8 Å². The lowest BCUT2D eigenvalue weighted by molar-refractivity contribution is -0.162. The van der Waals surface area contributed by atoms with Crippen LogP contribution in [0.4, 0.5) is 0 Å². The summed E-state index contributed by atoms with van der Waals surface area (Å²) in [5.74, 6) is -5.04. The molecule has 0 spiro atoms. The first-order valence-electron chi connectivity index (χ1n) is 17.2. The maximum atomic E-state index is 14.6. The van der Waals surface area contributed by atoms with E-state index in [1.54, 1.807) is 46.9 Å². The molecule has 2 rings (SSSR count). The highest BCUT2D eigenvalue weighted by molar-refractivity contribution is 6.17. The Kier molecular flexibility index (Phi) is 14.6. The number of aliphatic hydroxyl groups is 3. The van der Waals surface area contributed by atoms with E-state index in [1.165, 1.54) is 51.4 Å². The third-order valence-corrected chi connectivity index (χ3v) is 9.56. The van der Waals surface area contributed by atoms with Crippen molar-refractivity contribution < 1.29 is 44.1 Å². The van der Waals surface area contributed by atoms with Crippen LogP contribution in [0.3, 0.4) is 0 Å². The highest BCUT2D eigenvalue weighted by Crippen LogP contribution is 2.37. The van der Waals surface area contributed by atoms with Gasteiger partial charge in [-0.05, 0) is 52.7 Å². The summed E-state index contributed by atoms with van der Waals surface area (Å²) in [6, 6.07) is 7.40. The van der Waals surface area contributed by atoms with Crippen molar-refractivity contribution in [1.82, 2.24) is 16.0 Å². The van der Waals surface area contributed by atoms with Gasteiger partial charge in [-0.25, -0.2) is 0 Å². The lowest BCUT2D eigenvalue weighted by Gasteiger charge is -2.34. The standard InChI is InChI=1S/C39H55N3O9/c1-21(2)30(40-9)28(44)19-39(51,20-43)36(48)38(8,50)27-18-14-16-25(29(27)34(46)32(42-11)23(5)6)35(47)37(7,49)26-17-13-12-15-24(26)33(45)31(41-10)22(3)4/h12-18,20-23,30-32,40-42,49-51H,19H2,1-11H3/t30-,31-,32-,37?,38?,39?/m0/s1. The lowest BCUT2D eigenvalue weighted by atomic mass is 9.74. The molecule has 12 heteroatoms. The molecule has 280 valence electrons. The van der Waals surface area contributed by atoms with Crippen molar-refractivity contribution >= 4 is 35.2 Å². The second-order valence-corrected chi connectivity index (χ2v) is 14.5. The Hall–Kier alpha value is -3.78. The van der Waals surface area contributed by atoms with Gasteiger partial charge >= 0.3 is 0 Å². The van der Waals surface area contributed by atoms with Crippen LogP contribution in [0.1, 0.15) is 104 Å². The molecule has 0 aliphatic carbocycles. The smallest absolute Gasteiger partial charge is 0.207 e. The molecule has 0 heterocycles.